The molecule has 0 aliphatic rings. The summed E-state index contributed by atoms with van der Waals surface area (Å²) >= 11 is 0. The molecule has 0 aromatic carbocycles. The zero-order valence-corrected chi connectivity index (χ0v) is 33.5. The van der Waals surface area contributed by atoms with Gasteiger partial charge in [0.2, 0.25) is 0 Å². The van der Waals surface area contributed by atoms with Crippen molar-refractivity contribution in [2.75, 3.05) is 0 Å². The molecule has 42 heavy (non-hydrogen) atoms. The maximum atomic E-state index is 11.1. The third-order valence-electron chi connectivity index (χ3n) is 8.20. The number of hydrogen-bond acceptors (Lipinski definition) is 5. The van der Waals surface area contributed by atoms with Crippen LogP contribution in [0.2, 0.25) is 0 Å². The predicted molar refractivity (Wildman–Crippen MR) is 167 cm³/mol. The molecule has 0 aliphatic carbocycles. The molecule has 0 aromatic rings. The normalized spacial score (nSPS) is 11.2. The van der Waals surface area contributed by atoms with Gasteiger partial charge in [-0.3, -0.25) is 4.79 Å². The van der Waals surface area contributed by atoms with Gasteiger partial charge in [0.25, 0.3) is 0 Å². The maximum absolute atomic E-state index is 11.1. The molecule has 0 N–H and O–H groups in total. The van der Waals surface area contributed by atoms with Crippen molar-refractivity contribution in [3.05, 3.63) is 0 Å². The summed E-state index contributed by atoms with van der Waals surface area (Å²) in [6.45, 7) is 2.29. The number of carbonyl (C=O) groups is 1. The molecule has 0 amide bonds. The van der Waals surface area contributed by atoms with E-state index in [9.17, 15) is 19.1 Å². The second-order valence-corrected chi connectivity index (χ2v) is 13.3. The molecule has 0 heterocycles. The standard InChI is InChI=1S/C34H69O5P.2Na/c1-2-3-4-5-6-7-8-9-10-11-12-13-14-15-16-17-18-19-20-21-22-23-24-25-26-27-28-29-30-31-32-33-34(35)39-40(36,37)38;;/h2-33H2,1H3,(H2,36,37,38);;/q;2*+1/p-2. The van der Waals surface area contributed by atoms with Crippen molar-refractivity contribution >= 4 is 13.8 Å². The van der Waals surface area contributed by atoms with Gasteiger partial charge in [-0.15, -0.1) is 0 Å². The molecule has 0 saturated carbocycles. The SMILES string of the molecule is CCCCCCCCCCCCCCCCCCCCCCCCCCCCCCCCCC(=O)OP(=O)([O-])[O-].[Na+].[Na+]. The van der Waals surface area contributed by atoms with Gasteiger partial charge in [-0.2, -0.15) is 0 Å². The minimum atomic E-state index is -5.18. The summed E-state index contributed by atoms with van der Waals surface area (Å²) in [5.74, 6) is -0.927. The number of phosphoric ester groups is 1. The molecule has 5 nitrogen and oxygen atoms in total. The average molecular weight is 633 g/mol. The monoisotopic (exact) mass is 632 g/mol. The fourth-order valence-corrected chi connectivity index (χ4v) is 5.98. The van der Waals surface area contributed by atoms with E-state index in [2.05, 4.69) is 11.4 Å². The van der Waals surface area contributed by atoms with E-state index in [0.717, 1.165) is 19.3 Å². The second kappa shape index (κ2) is 38.8. The summed E-state index contributed by atoms with van der Waals surface area (Å²) in [5, 5.41) is 0. The Morgan fingerprint density at radius 1 is 0.429 bits per heavy atom. The molecule has 0 aliphatic heterocycles. The van der Waals surface area contributed by atoms with Crippen LogP contribution in [0.15, 0.2) is 0 Å². The molecule has 0 saturated heterocycles. The largest absolute Gasteiger partial charge is 1.00 e. The number of carbonyl (C=O) groups excluding carboxylic acids is 1. The van der Waals surface area contributed by atoms with Crippen LogP contribution in [0, 0.1) is 0 Å². The number of phosphoric acid groups is 1. The molecule has 0 atom stereocenters. The van der Waals surface area contributed by atoms with Crippen LogP contribution < -0.4 is 68.9 Å². The van der Waals surface area contributed by atoms with Gasteiger partial charge in [0.05, 0.1) is 0 Å². The first-order valence-electron chi connectivity index (χ1n) is 17.7. The average Bonchev–Trinajstić information content (AvgIpc) is 2.90. The third-order valence-corrected chi connectivity index (χ3v) is 8.63. The summed E-state index contributed by atoms with van der Waals surface area (Å²) in [5.41, 5.74) is 0. The molecule has 0 fully saturated rings. The summed E-state index contributed by atoms with van der Waals surface area (Å²) in [6.07, 6.45) is 41.8. The van der Waals surface area contributed by atoms with Crippen LogP contribution in [0.1, 0.15) is 212 Å². The number of hydrogen-bond donors (Lipinski definition) is 0. The Kier molecular flexibility index (Phi) is 44.4. The van der Waals surface area contributed by atoms with Crippen LogP contribution in [0.25, 0.3) is 0 Å². The summed E-state index contributed by atoms with van der Waals surface area (Å²) in [6, 6.07) is 0. The van der Waals surface area contributed by atoms with Gasteiger partial charge in [0, 0.05) is 6.42 Å². The second-order valence-electron chi connectivity index (χ2n) is 12.3. The van der Waals surface area contributed by atoms with Crippen molar-refractivity contribution in [3.8, 4) is 0 Å². The first-order valence-corrected chi connectivity index (χ1v) is 19.2. The van der Waals surface area contributed by atoms with Crippen molar-refractivity contribution in [2.24, 2.45) is 0 Å². The Morgan fingerprint density at radius 3 is 0.810 bits per heavy atom. The maximum Gasteiger partial charge on any atom is 1.00 e. The van der Waals surface area contributed by atoms with E-state index in [-0.39, 0.29) is 65.5 Å². The first-order chi connectivity index (χ1) is 19.5. The number of rotatable bonds is 33. The zero-order valence-electron chi connectivity index (χ0n) is 28.6. The fraction of sp³-hybridized carbons (Fsp3) is 0.971. The Balaban J connectivity index is -0.00000760. The quantitative estimate of drug-likeness (QED) is 0.0586. The van der Waals surface area contributed by atoms with Crippen molar-refractivity contribution in [2.45, 2.75) is 212 Å². The topological polar surface area (TPSA) is 89.5 Å². The van der Waals surface area contributed by atoms with E-state index < -0.39 is 13.8 Å². The zero-order chi connectivity index (χ0) is 29.4. The van der Waals surface area contributed by atoms with E-state index in [1.807, 2.05) is 0 Å². The molecule has 0 unspecified atom stereocenters. The third kappa shape index (κ3) is 43.7. The van der Waals surface area contributed by atoms with E-state index in [1.54, 1.807) is 0 Å². The molecule has 0 aromatic heterocycles. The van der Waals surface area contributed by atoms with Crippen molar-refractivity contribution in [1.29, 1.82) is 0 Å². The van der Waals surface area contributed by atoms with Crippen LogP contribution in [0.4, 0.5) is 0 Å². The van der Waals surface area contributed by atoms with Gasteiger partial charge < -0.3 is 18.9 Å². The summed E-state index contributed by atoms with van der Waals surface area (Å²) in [7, 11) is -5.18. The molecule has 8 heteroatoms. The number of unbranched alkanes of at least 4 members (excludes halogenated alkanes) is 30. The minimum Gasteiger partial charge on any atom is -0.780 e. The van der Waals surface area contributed by atoms with Gasteiger partial charge in [0.15, 0.2) is 0 Å². The van der Waals surface area contributed by atoms with Crippen LogP contribution in [0.5, 0.6) is 0 Å². The Hall–Kier alpha value is 1.62. The molecule has 0 rings (SSSR count). The van der Waals surface area contributed by atoms with Crippen LogP contribution >= 0.6 is 7.82 Å². The van der Waals surface area contributed by atoms with Crippen LogP contribution in [-0.4, -0.2) is 5.97 Å². The Bertz CT molecular complexity index is 574. The molecular formula is C34H67Na2O5P. The van der Waals surface area contributed by atoms with Gasteiger partial charge in [-0.05, 0) is 6.42 Å². The van der Waals surface area contributed by atoms with Crippen LogP contribution in [0.3, 0.4) is 0 Å². The van der Waals surface area contributed by atoms with E-state index in [4.69, 9.17) is 0 Å². The van der Waals surface area contributed by atoms with E-state index in [0.29, 0.717) is 6.42 Å². The fourth-order valence-electron chi connectivity index (χ4n) is 5.64. The summed E-state index contributed by atoms with van der Waals surface area (Å²) in [4.78, 5) is 31.8. The van der Waals surface area contributed by atoms with Gasteiger partial charge in [0.1, 0.15) is 7.82 Å². The van der Waals surface area contributed by atoms with E-state index in [1.165, 1.54) is 173 Å². The van der Waals surface area contributed by atoms with Crippen molar-refractivity contribution in [3.63, 3.8) is 0 Å². The molecule has 0 bridgehead atoms. The molecule has 0 radical (unpaired) electrons. The van der Waals surface area contributed by atoms with E-state index >= 15 is 0 Å². The molecular weight excluding hydrogens is 565 g/mol. The van der Waals surface area contributed by atoms with Crippen molar-refractivity contribution < 1.29 is 82.8 Å². The van der Waals surface area contributed by atoms with Gasteiger partial charge >= 0.3 is 65.1 Å². The molecule has 0 spiro atoms. The molecule has 240 valence electrons. The van der Waals surface area contributed by atoms with Crippen LogP contribution in [-0.2, 0) is 13.9 Å². The predicted octanol–water partition coefficient (Wildman–Crippen LogP) is 4.87. The Morgan fingerprint density at radius 2 is 0.619 bits per heavy atom. The minimum absolute atomic E-state index is 0. The van der Waals surface area contributed by atoms with Gasteiger partial charge in [-0.1, -0.05) is 200 Å². The van der Waals surface area contributed by atoms with Gasteiger partial charge in [-0.25, -0.2) is 0 Å². The smallest absolute Gasteiger partial charge is 0.780 e. The summed E-state index contributed by atoms with van der Waals surface area (Å²) < 4.78 is 14.2. The van der Waals surface area contributed by atoms with Crippen molar-refractivity contribution in [1.82, 2.24) is 0 Å². The first kappa shape index (κ1) is 48.0. The Labute approximate surface area is 306 Å².